The molecule has 0 aliphatic carbocycles. The van der Waals surface area contributed by atoms with Crippen LogP contribution in [0, 0.1) is 12.3 Å². The maximum atomic E-state index is 13.5. The van der Waals surface area contributed by atoms with Crippen molar-refractivity contribution in [2.75, 3.05) is 24.6 Å². The van der Waals surface area contributed by atoms with Gasteiger partial charge in [0.1, 0.15) is 22.9 Å². The van der Waals surface area contributed by atoms with Gasteiger partial charge in [-0.2, -0.15) is 0 Å². The van der Waals surface area contributed by atoms with E-state index in [1.807, 2.05) is 6.92 Å². The number of hydrogen-bond acceptors (Lipinski definition) is 14. The van der Waals surface area contributed by atoms with Gasteiger partial charge in [0.25, 0.3) is 11.8 Å². The van der Waals surface area contributed by atoms with Crippen LogP contribution in [0.2, 0.25) is 0 Å². The first-order valence-electron chi connectivity index (χ1n) is 11.2. The number of aliphatic carboxylic acids is 1. The fourth-order valence-corrected chi connectivity index (χ4v) is 6.56. The molecular weight excluding hydrogens is 567 g/mol. The molecule has 8 N–H and O–H groups in total. The van der Waals surface area contributed by atoms with Crippen molar-refractivity contribution in [2.45, 2.75) is 24.0 Å². The number of thiocarbonyl (C=S) groups is 1. The standard InChI is InChI=1S/C22H23N9O5S3/c1-3-5-36-29-14(12-8-39-21(25)27-12)16(32)28-22(9-37)18(35)31-15(17(33)34)10(7-38-19(22)31)11-6-13(23)30(4-2)20(24)26-11/h1,6,8-9,13,19H,4-5,7,23H2,2H3,(H2,24,26)(H2,25,27)(H,28,32)(H,33,34)/b29-14-/t13?,19-,22+/m1/s1. The average molecular weight is 590 g/mol. The zero-order valence-corrected chi connectivity index (χ0v) is 22.8. The number of carboxylic acid groups (broad SMARTS) is 1. The lowest BCUT2D eigenvalue weighted by molar-refractivity contribution is -0.153. The normalized spacial score (nSPS) is 24.6. The Balaban J connectivity index is 1.67. The molecule has 0 saturated carbocycles. The van der Waals surface area contributed by atoms with E-state index in [2.05, 4.69) is 26.4 Å². The fourth-order valence-electron chi connectivity index (χ4n) is 4.18. The number of aliphatic imine (C=N–C) groups is 1. The number of amides is 2. The maximum absolute atomic E-state index is 13.5. The maximum Gasteiger partial charge on any atom is 0.353 e. The summed E-state index contributed by atoms with van der Waals surface area (Å²) in [6.45, 7) is 2.12. The molecule has 39 heavy (non-hydrogen) atoms. The van der Waals surface area contributed by atoms with Gasteiger partial charge in [0.05, 0.1) is 5.70 Å². The van der Waals surface area contributed by atoms with Crippen molar-refractivity contribution < 1.29 is 24.3 Å². The lowest BCUT2D eigenvalue weighted by Crippen LogP contribution is -2.81. The van der Waals surface area contributed by atoms with E-state index in [0.29, 0.717) is 6.54 Å². The Morgan fingerprint density at radius 3 is 2.79 bits per heavy atom. The van der Waals surface area contributed by atoms with E-state index in [9.17, 15) is 19.5 Å². The number of nitrogens with zero attached hydrogens (tertiary/aromatic N) is 5. The van der Waals surface area contributed by atoms with Crippen LogP contribution in [-0.4, -0.2) is 90.7 Å². The molecule has 4 rings (SSSR count). The van der Waals surface area contributed by atoms with Gasteiger partial charge in [0.15, 0.2) is 28.9 Å². The number of nitrogen functional groups attached to an aromatic ring is 1. The number of rotatable bonds is 9. The first kappa shape index (κ1) is 28.0. The van der Waals surface area contributed by atoms with Crippen LogP contribution in [-0.2, 0) is 19.2 Å². The summed E-state index contributed by atoms with van der Waals surface area (Å²) in [5, 5.41) is 18.3. The van der Waals surface area contributed by atoms with E-state index in [1.54, 1.807) is 11.0 Å². The van der Waals surface area contributed by atoms with Crippen LogP contribution < -0.4 is 22.5 Å². The fraction of sp³-hybridized carbons (Fsp3) is 0.318. The van der Waals surface area contributed by atoms with Crippen molar-refractivity contribution in [2.24, 2.45) is 21.6 Å². The topological polar surface area (TPSA) is 215 Å². The van der Waals surface area contributed by atoms with Crippen LogP contribution in [0.1, 0.15) is 12.6 Å². The predicted octanol–water partition coefficient (Wildman–Crippen LogP) is -0.993. The number of guanidine groups is 1. The summed E-state index contributed by atoms with van der Waals surface area (Å²) in [4.78, 5) is 55.3. The number of nitrogens with two attached hydrogens (primary N) is 3. The Kier molecular flexibility index (Phi) is 7.92. The summed E-state index contributed by atoms with van der Waals surface area (Å²) in [5.41, 5.74) is 16.2. The molecule has 1 fully saturated rings. The molecule has 204 valence electrons. The third-order valence-corrected chi connectivity index (χ3v) is 8.37. The SMILES string of the molecule is C#CCO/N=C(\C(=O)N[C@@]1(C=S)C(=O)N2C(C(=O)O)=C(C3=CC(N)N(CC)C(N)=N3)CS[C@@H]21)c1csc(N)n1. The Bertz CT molecular complexity index is 1410. The van der Waals surface area contributed by atoms with Gasteiger partial charge >= 0.3 is 5.97 Å². The van der Waals surface area contributed by atoms with Crippen LogP contribution in [0.15, 0.2) is 38.6 Å². The van der Waals surface area contributed by atoms with Crippen LogP contribution >= 0.6 is 35.3 Å². The molecule has 1 saturated heterocycles. The number of carbonyl (C=O) groups excluding carboxylic acids is 2. The smallest absolute Gasteiger partial charge is 0.353 e. The summed E-state index contributed by atoms with van der Waals surface area (Å²) in [7, 11) is 0. The van der Waals surface area contributed by atoms with Crippen molar-refractivity contribution in [1.82, 2.24) is 20.1 Å². The number of hydrogen-bond donors (Lipinski definition) is 5. The lowest BCUT2D eigenvalue weighted by atomic mass is 9.87. The Morgan fingerprint density at radius 1 is 1.49 bits per heavy atom. The van der Waals surface area contributed by atoms with Gasteiger partial charge < -0.3 is 37.4 Å². The van der Waals surface area contributed by atoms with E-state index < -0.39 is 34.9 Å². The molecule has 0 bridgehead atoms. The highest BCUT2D eigenvalue weighted by atomic mass is 32.2. The van der Waals surface area contributed by atoms with E-state index in [0.717, 1.165) is 21.6 Å². The largest absolute Gasteiger partial charge is 0.477 e. The molecule has 0 radical (unpaired) electrons. The highest BCUT2D eigenvalue weighted by molar-refractivity contribution is 8.00. The van der Waals surface area contributed by atoms with Crippen LogP contribution in [0.5, 0.6) is 0 Å². The summed E-state index contributed by atoms with van der Waals surface area (Å²) in [5.74, 6) is -0.505. The molecule has 0 spiro atoms. The van der Waals surface area contributed by atoms with Crippen LogP contribution in [0.3, 0.4) is 0 Å². The number of oxime groups is 1. The van der Waals surface area contributed by atoms with Crippen molar-refractivity contribution >= 4 is 75.3 Å². The molecule has 3 aliphatic rings. The molecule has 17 heteroatoms. The number of allylic oxidation sites excluding steroid dienone is 1. The summed E-state index contributed by atoms with van der Waals surface area (Å²) < 4.78 is 0. The molecule has 0 aromatic carbocycles. The third kappa shape index (κ3) is 4.83. The summed E-state index contributed by atoms with van der Waals surface area (Å²) in [6, 6.07) is 0. The van der Waals surface area contributed by atoms with E-state index in [-0.39, 0.29) is 51.8 Å². The van der Waals surface area contributed by atoms with Crippen LogP contribution in [0.4, 0.5) is 5.13 Å². The Labute approximate surface area is 236 Å². The third-order valence-electron chi connectivity index (χ3n) is 5.97. The first-order chi connectivity index (χ1) is 18.6. The highest BCUT2D eigenvalue weighted by Crippen LogP contribution is 2.47. The zero-order chi connectivity index (χ0) is 28.5. The minimum Gasteiger partial charge on any atom is -0.477 e. The summed E-state index contributed by atoms with van der Waals surface area (Å²) >= 11 is 7.42. The highest BCUT2D eigenvalue weighted by Gasteiger charge is 2.65. The second-order valence-electron chi connectivity index (χ2n) is 8.20. The average Bonchev–Trinajstić information content (AvgIpc) is 3.33. The quantitative estimate of drug-likeness (QED) is 0.0586. The van der Waals surface area contributed by atoms with Gasteiger partial charge in [-0.25, -0.2) is 14.8 Å². The predicted molar refractivity (Wildman–Crippen MR) is 150 cm³/mol. The summed E-state index contributed by atoms with van der Waals surface area (Å²) in [6.07, 6.45) is 6.13. The molecule has 1 aromatic heterocycles. The zero-order valence-electron chi connectivity index (χ0n) is 20.4. The van der Waals surface area contributed by atoms with Crippen molar-refractivity contribution in [1.29, 1.82) is 0 Å². The second kappa shape index (κ2) is 11.0. The number of carbonyl (C=O) groups is 3. The van der Waals surface area contributed by atoms with Crippen molar-refractivity contribution in [3.05, 3.63) is 34.1 Å². The van der Waals surface area contributed by atoms with E-state index >= 15 is 0 Å². The molecule has 4 heterocycles. The lowest BCUT2D eigenvalue weighted by Gasteiger charge is -2.55. The second-order valence-corrected chi connectivity index (χ2v) is 10.4. The minimum atomic E-state index is -1.73. The molecule has 14 nitrogen and oxygen atoms in total. The van der Waals surface area contributed by atoms with Crippen molar-refractivity contribution in [3.8, 4) is 12.3 Å². The molecule has 1 aromatic rings. The number of β-lactam (4-membered cyclic amide) rings is 1. The first-order valence-corrected chi connectivity index (χ1v) is 13.6. The number of carboxylic acids is 1. The van der Waals surface area contributed by atoms with Gasteiger partial charge in [-0.3, -0.25) is 14.5 Å². The minimum absolute atomic E-state index is 0.0945. The number of anilines is 1. The molecule has 1 unspecified atom stereocenters. The van der Waals surface area contributed by atoms with Gasteiger partial charge in [0, 0.05) is 28.6 Å². The molecular formula is C22H23N9O5S3. The van der Waals surface area contributed by atoms with E-state index in [4.69, 9.17) is 40.7 Å². The van der Waals surface area contributed by atoms with E-state index in [1.165, 1.54) is 17.1 Å². The number of fused-ring (bicyclic) bond motifs is 1. The molecule has 3 atom stereocenters. The number of thioether (sulfide) groups is 1. The number of nitrogens with one attached hydrogen (secondary N) is 1. The van der Waals surface area contributed by atoms with Gasteiger partial charge in [-0.1, -0.05) is 23.3 Å². The monoisotopic (exact) mass is 589 g/mol. The molecule has 3 aliphatic heterocycles. The number of likely N-dealkylation sites (N-methyl/N-ethyl adjacent to an activating group) is 1. The van der Waals surface area contributed by atoms with Crippen LogP contribution in [0.25, 0.3) is 0 Å². The van der Waals surface area contributed by atoms with Crippen molar-refractivity contribution in [3.63, 3.8) is 0 Å². The Morgan fingerprint density at radius 2 is 2.23 bits per heavy atom. The van der Waals surface area contributed by atoms with Gasteiger partial charge in [-0.05, 0) is 13.0 Å². The Hall–Kier alpha value is -3.98. The van der Waals surface area contributed by atoms with Gasteiger partial charge in [-0.15, -0.1) is 29.5 Å². The van der Waals surface area contributed by atoms with Gasteiger partial charge in [0.2, 0.25) is 0 Å². The number of terminal acetylenes is 1. The molecule has 2 amide bonds. The number of aromatic nitrogens is 1. The number of thiazole rings is 1.